The molecule has 0 aliphatic heterocycles. The summed E-state index contributed by atoms with van der Waals surface area (Å²) in [7, 11) is 0. The van der Waals surface area contributed by atoms with Gasteiger partial charge in [0.25, 0.3) is 0 Å². The van der Waals surface area contributed by atoms with Gasteiger partial charge in [-0.05, 0) is 64.9 Å². The molecule has 0 aromatic heterocycles. The second-order valence-electron chi connectivity index (χ2n) is 8.52. The van der Waals surface area contributed by atoms with Gasteiger partial charge < -0.3 is 9.47 Å². The fraction of sp³-hybridized carbons (Fsp3) is 0.682. The minimum absolute atomic E-state index is 0.180. The van der Waals surface area contributed by atoms with Crippen LogP contribution in [0.1, 0.15) is 67.7 Å². The van der Waals surface area contributed by atoms with Crippen molar-refractivity contribution < 1.29 is 23.9 Å². The van der Waals surface area contributed by atoms with Crippen LogP contribution in [0.2, 0.25) is 0 Å². The predicted molar refractivity (Wildman–Crippen MR) is 103 cm³/mol. The summed E-state index contributed by atoms with van der Waals surface area (Å²) in [5, 5.41) is 0. The van der Waals surface area contributed by atoms with E-state index >= 15 is 0 Å². The van der Waals surface area contributed by atoms with Crippen LogP contribution in [0, 0.1) is 17.8 Å². The highest BCUT2D eigenvalue weighted by Gasteiger charge is 2.47. The Bertz CT molecular complexity index is 697. The third kappa shape index (κ3) is 4.50. The van der Waals surface area contributed by atoms with Crippen molar-refractivity contribution in [2.45, 2.75) is 79.4 Å². The number of esters is 2. The standard InChI is InChI=1S/C22H32O5/c1-8-12(2)21(25)26-20-9-13(3)16-11-19(24)14(4)17(16)10-18(20)22(6,7)27-15(5)23/h8,13,16,18,20H,9-11H2,1-7H3/b12-8+/t13-,16+,18-,20+/m0/s1. The molecule has 0 unspecified atom stereocenters. The highest BCUT2D eigenvalue weighted by molar-refractivity contribution is 5.98. The molecule has 2 aliphatic rings. The van der Waals surface area contributed by atoms with Gasteiger partial charge in [-0.15, -0.1) is 0 Å². The maximum absolute atomic E-state index is 12.5. The molecule has 0 N–H and O–H groups in total. The van der Waals surface area contributed by atoms with Gasteiger partial charge in [-0.3, -0.25) is 9.59 Å². The average Bonchev–Trinajstić information content (AvgIpc) is 2.76. The molecule has 150 valence electrons. The summed E-state index contributed by atoms with van der Waals surface area (Å²) in [6.07, 6.45) is 3.12. The third-order valence-electron chi connectivity index (χ3n) is 6.25. The van der Waals surface area contributed by atoms with Crippen LogP contribution < -0.4 is 0 Å². The summed E-state index contributed by atoms with van der Waals surface area (Å²) in [5.74, 6) is -0.323. The Hall–Kier alpha value is -1.91. The Morgan fingerprint density at radius 3 is 2.37 bits per heavy atom. The first kappa shape index (κ1) is 21.4. The van der Waals surface area contributed by atoms with Gasteiger partial charge in [-0.2, -0.15) is 0 Å². The zero-order valence-electron chi connectivity index (χ0n) is 17.5. The van der Waals surface area contributed by atoms with E-state index in [4.69, 9.17) is 9.47 Å². The molecule has 0 amide bonds. The Morgan fingerprint density at radius 2 is 1.81 bits per heavy atom. The van der Waals surface area contributed by atoms with Crippen LogP contribution >= 0.6 is 0 Å². The lowest BCUT2D eigenvalue weighted by molar-refractivity contribution is -0.170. The lowest BCUT2D eigenvalue weighted by atomic mass is 9.80. The van der Waals surface area contributed by atoms with Crippen molar-refractivity contribution in [2.75, 3.05) is 0 Å². The third-order valence-corrected chi connectivity index (χ3v) is 6.25. The van der Waals surface area contributed by atoms with E-state index in [1.165, 1.54) is 6.92 Å². The first-order valence-corrected chi connectivity index (χ1v) is 9.74. The van der Waals surface area contributed by atoms with E-state index in [9.17, 15) is 14.4 Å². The van der Waals surface area contributed by atoms with Crippen molar-refractivity contribution in [3.05, 3.63) is 22.8 Å². The number of Topliss-reactive ketones (excluding diaryl/α,β-unsaturated/α-hetero) is 1. The van der Waals surface area contributed by atoms with E-state index in [1.54, 1.807) is 19.9 Å². The zero-order chi connectivity index (χ0) is 20.5. The summed E-state index contributed by atoms with van der Waals surface area (Å²) in [4.78, 5) is 36.4. The number of ketones is 1. The van der Waals surface area contributed by atoms with Crippen molar-refractivity contribution in [2.24, 2.45) is 17.8 Å². The summed E-state index contributed by atoms with van der Waals surface area (Å²) >= 11 is 0. The molecule has 0 aromatic carbocycles. The van der Waals surface area contributed by atoms with Gasteiger partial charge >= 0.3 is 11.9 Å². The molecule has 5 nitrogen and oxygen atoms in total. The van der Waals surface area contributed by atoms with Crippen LogP contribution in [0.25, 0.3) is 0 Å². The minimum Gasteiger partial charge on any atom is -0.459 e. The summed E-state index contributed by atoms with van der Waals surface area (Å²) in [6.45, 7) is 12.6. The second kappa shape index (κ2) is 7.99. The largest absolute Gasteiger partial charge is 0.459 e. The molecule has 1 saturated carbocycles. The lowest BCUT2D eigenvalue weighted by Crippen LogP contribution is -2.44. The topological polar surface area (TPSA) is 69.7 Å². The summed E-state index contributed by atoms with van der Waals surface area (Å²) in [5.41, 5.74) is 1.71. The quantitative estimate of drug-likeness (QED) is 0.544. The molecule has 5 heteroatoms. The first-order chi connectivity index (χ1) is 12.5. The first-order valence-electron chi connectivity index (χ1n) is 9.74. The molecule has 2 rings (SSSR count). The van der Waals surface area contributed by atoms with E-state index in [2.05, 4.69) is 6.92 Å². The van der Waals surface area contributed by atoms with Gasteiger partial charge in [0.1, 0.15) is 11.7 Å². The number of fused-ring (bicyclic) bond motifs is 1. The van der Waals surface area contributed by atoms with Crippen molar-refractivity contribution >= 4 is 17.7 Å². The SMILES string of the molecule is C/C=C(\C)C(=O)O[C@@H]1C[C@H](C)[C@H]2CC(=O)C(C)=C2C[C@@H]1C(C)(C)OC(C)=O. The van der Waals surface area contributed by atoms with Crippen LogP contribution in [0.3, 0.4) is 0 Å². The average molecular weight is 376 g/mol. The lowest BCUT2D eigenvalue weighted by Gasteiger charge is -2.38. The fourth-order valence-corrected chi connectivity index (χ4v) is 4.46. The maximum Gasteiger partial charge on any atom is 0.333 e. The fourth-order valence-electron chi connectivity index (χ4n) is 4.46. The molecule has 0 heterocycles. The molecule has 0 spiro atoms. The Labute approximate surface area is 162 Å². The van der Waals surface area contributed by atoms with Crippen LogP contribution in [-0.4, -0.2) is 29.4 Å². The Kier molecular flexibility index (Phi) is 6.33. The highest BCUT2D eigenvalue weighted by atomic mass is 16.6. The smallest absolute Gasteiger partial charge is 0.333 e. The molecule has 0 bridgehead atoms. The molecule has 0 radical (unpaired) electrons. The minimum atomic E-state index is -0.811. The van der Waals surface area contributed by atoms with E-state index in [0.717, 1.165) is 11.1 Å². The zero-order valence-corrected chi connectivity index (χ0v) is 17.5. The predicted octanol–water partition coefficient (Wildman–Crippen LogP) is 4.16. The number of allylic oxidation sites excluding steroid dienone is 3. The van der Waals surface area contributed by atoms with Crippen molar-refractivity contribution in [3.63, 3.8) is 0 Å². The molecule has 0 saturated heterocycles. The maximum atomic E-state index is 12.5. The summed E-state index contributed by atoms with van der Waals surface area (Å²) in [6, 6.07) is 0. The van der Waals surface area contributed by atoms with Gasteiger partial charge in [0.15, 0.2) is 5.78 Å². The molecule has 0 aromatic rings. The van der Waals surface area contributed by atoms with Crippen LogP contribution in [-0.2, 0) is 23.9 Å². The number of ether oxygens (including phenoxy) is 2. The van der Waals surface area contributed by atoms with Crippen LogP contribution in [0.5, 0.6) is 0 Å². The number of carbonyl (C=O) groups is 3. The molecule has 27 heavy (non-hydrogen) atoms. The van der Waals surface area contributed by atoms with E-state index in [1.807, 2.05) is 20.8 Å². The van der Waals surface area contributed by atoms with Crippen molar-refractivity contribution in [3.8, 4) is 0 Å². The molecule has 1 fully saturated rings. The van der Waals surface area contributed by atoms with E-state index < -0.39 is 5.60 Å². The van der Waals surface area contributed by atoms with Gasteiger partial charge in [0, 0.05) is 24.8 Å². The van der Waals surface area contributed by atoms with E-state index in [0.29, 0.717) is 24.8 Å². The van der Waals surface area contributed by atoms with Crippen molar-refractivity contribution in [1.82, 2.24) is 0 Å². The normalized spacial score (nSPS) is 29.3. The summed E-state index contributed by atoms with van der Waals surface area (Å²) < 4.78 is 11.5. The van der Waals surface area contributed by atoms with Gasteiger partial charge in [-0.1, -0.05) is 18.6 Å². The van der Waals surface area contributed by atoms with Crippen molar-refractivity contribution in [1.29, 1.82) is 0 Å². The number of hydrogen-bond acceptors (Lipinski definition) is 5. The second-order valence-corrected chi connectivity index (χ2v) is 8.52. The van der Waals surface area contributed by atoms with Crippen LogP contribution in [0.15, 0.2) is 22.8 Å². The van der Waals surface area contributed by atoms with Gasteiger partial charge in [0.05, 0.1) is 0 Å². The number of carbonyl (C=O) groups excluding carboxylic acids is 3. The van der Waals surface area contributed by atoms with Gasteiger partial charge in [0.2, 0.25) is 0 Å². The molecule has 2 aliphatic carbocycles. The molecular formula is C22H32O5. The molecular weight excluding hydrogens is 344 g/mol. The number of hydrogen-bond donors (Lipinski definition) is 0. The van der Waals surface area contributed by atoms with E-state index in [-0.39, 0.29) is 41.6 Å². The van der Waals surface area contributed by atoms with Crippen LogP contribution in [0.4, 0.5) is 0 Å². The number of rotatable bonds is 4. The van der Waals surface area contributed by atoms with Gasteiger partial charge in [-0.25, -0.2) is 4.79 Å². The highest BCUT2D eigenvalue weighted by Crippen LogP contribution is 2.47. The Morgan fingerprint density at radius 1 is 1.19 bits per heavy atom. The monoisotopic (exact) mass is 376 g/mol. The molecule has 4 atom stereocenters. The Balaban J connectivity index is 2.44.